The number of rotatable bonds is 3. The van der Waals surface area contributed by atoms with Crippen LogP contribution < -0.4 is 4.74 Å². The van der Waals surface area contributed by atoms with Crippen molar-refractivity contribution in [1.82, 2.24) is 4.57 Å². The van der Waals surface area contributed by atoms with Gasteiger partial charge in [-0.3, -0.25) is 0 Å². The molecule has 0 aliphatic carbocycles. The third kappa shape index (κ3) is 2.11. The van der Waals surface area contributed by atoms with E-state index in [1.165, 1.54) is 0 Å². The number of cyclic esters (lactones) is 1. The second kappa shape index (κ2) is 5.57. The number of hydrogen-bond acceptors (Lipinski definition) is 3. The quantitative estimate of drug-likeness (QED) is 0.692. The Morgan fingerprint density at radius 3 is 2.62 bits per heavy atom. The molecule has 1 aromatic heterocycles. The third-order valence-electron chi connectivity index (χ3n) is 4.45. The number of fused-ring (bicyclic) bond motifs is 1. The molecule has 0 amide bonds. The molecular weight excluding hydrogens is 302 g/mol. The van der Waals surface area contributed by atoms with Gasteiger partial charge in [0.2, 0.25) is 0 Å². The van der Waals surface area contributed by atoms with E-state index in [0.29, 0.717) is 11.3 Å². The molecule has 0 atom stereocenters. The molecule has 0 saturated heterocycles. The van der Waals surface area contributed by atoms with Crippen molar-refractivity contribution in [3.05, 3.63) is 65.9 Å². The standard InChI is InChI=1S/C20H17NO3/c1-21-11-15(13-7-3-5-9-17(13)21)16-12-24-20(22)19(16)14-8-4-6-10-18(14)23-2/h3-11H,12H2,1-2H3. The van der Waals surface area contributed by atoms with Gasteiger partial charge in [-0.25, -0.2) is 4.79 Å². The van der Waals surface area contributed by atoms with E-state index in [9.17, 15) is 4.79 Å². The van der Waals surface area contributed by atoms with Crippen LogP contribution in [-0.4, -0.2) is 24.3 Å². The summed E-state index contributed by atoms with van der Waals surface area (Å²) < 4.78 is 12.9. The molecule has 1 aliphatic heterocycles. The zero-order valence-corrected chi connectivity index (χ0v) is 13.6. The van der Waals surface area contributed by atoms with Crippen LogP contribution in [0.5, 0.6) is 5.75 Å². The number of nitrogens with zero attached hydrogens (tertiary/aromatic N) is 1. The Bertz CT molecular complexity index is 981. The van der Waals surface area contributed by atoms with Crippen LogP contribution in [0.4, 0.5) is 0 Å². The van der Waals surface area contributed by atoms with E-state index in [-0.39, 0.29) is 12.6 Å². The lowest BCUT2D eigenvalue weighted by Gasteiger charge is -2.09. The fraction of sp³-hybridized carbons (Fsp3) is 0.150. The minimum Gasteiger partial charge on any atom is -0.496 e. The lowest BCUT2D eigenvalue weighted by molar-refractivity contribution is -0.133. The largest absolute Gasteiger partial charge is 0.496 e. The molecule has 3 aromatic rings. The summed E-state index contributed by atoms with van der Waals surface area (Å²) in [4.78, 5) is 12.4. The summed E-state index contributed by atoms with van der Waals surface area (Å²) in [6.45, 7) is 0.278. The lowest BCUT2D eigenvalue weighted by atomic mass is 9.96. The second-order valence-corrected chi connectivity index (χ2v) is 5.80. The first-order valence-corrected chi connectivity index (χ1v) is 7.79. The van der Waals surface area contributed by atoms with E-state index in [4.69, 9.17) is 9.47 Å². The normalized spacial score (nSPS) is 14.3. The lowest BCUT2D eigenvalue weighted by Crippen LogP contribution is -2.00. The molecule has 2 heterocycles. The Morgan fingerprint density at radius 1 is 1.04 bits per heavy atom. The van der Waals surface area contributed by atoms with Gasteiger partial charge in [0, 0.05) is 40.8 Å². The van der Waals surface area contributed by atoms with Crippen molar-refractivity contribution in [2.45, 2.75) is 0 Å². The molecule has 0 fully saturated rings. The van der Waals surface area contributed by atoms with Crippen LogP contribution >= 0.6 is 0 Å². The maximum absolute atomic E-state index is 12.4. The average molecular weight is 319 g/mol. The topological polar surface area (TPSA) is 40.5 Å². The van der Waals surface area contributed by atoms with E-state index in [2.05, 4.69) is 22.9 Å². The molecule has 120 valence electrons. The summed E-state index contributed by atoms with van der Waals surface area (Å²) in [5.41, 5.74) is 4.41. The zero-order valence-electron chi connectivity index (χ0n) is 13.6. The minimum atomic E-state index is -0.303. The highest BCUT2D eigenvalue weighted by molar-refractivity contribution is 6.29. The predicted molar refractivity (Wildman–Crippen MR) is 93.7 cm³/mol. The van der Waals surface area contributed by atoms with Crippen LogP contribution in [0, 0.1) is 0 Å². The molecule has 2 aromatic carbocycles. The first-order valence-electron chi connectivity index (χ1n) is 7.79. The number of methoxy groups -OCH3 is 1. The Morgan fingerprint density at radius 2 is 1.79 bits per heavy atom. The Kier molecular flexibility index (Phi) is 3.38. The smallest absolute Gasteiger partial charge is 0.339 e. The summed E-state index contributed by atoms with van der Waals surface area (Å²) in [7, 11) is 3.62. The van der Waals surface area contributed by atoms with Gasteiger partial charge in [0.05, 0.1) is 12.7 Å². The Balaban J connectivity index is 2.00. The van der Waals surface area contributed by atoms with E-state index in [0.717, 1.165) is 27.6 Å². The third-order valence-corrected chi connectivity index (χ3v) is 4.45. The Hall–Kier alpha value is -3.01. The molecule has 0 spiro atoms. The highest BCUT2D eigenvalue weighted by atomic mass is 16.5. The first kappa shape index (κ1) is 14.6. The maximum atomic E-state index is 12.4. The average Bonchev–Trinajstić information content (AvgIpc) is 3.15. The molecule has 0 bridgehead atoms. The van der Waals surface area contributed by atoms with Crippen molar-refractivity contribution in [1.29, 1.82) is 0 Å². The molecule has 4 heteroatoms. The van der Waals surface area contributed by atoms with Gasteiger partial charge in [-0.15, -0.1) is 0 Å². The van der Waals surface area contributed by atoms with Crippen molar-refractivity contribution in [3.8, 4) is 5.75 Å². The number of ether oxygens (including phenoxy) is 2. The summed E-state index contributed by atoms with van der Waals surface area (Å²) in [6.07, 6.45) is 2.05. The van der Waals surface area contributed by atoms with Crippen LogP contribution in [0.3, 0.4) is 0 Å². The van der Waals surface area contributed by atoms with Gasteiger partial charge in [-0.1, -0.05) is 36.4 Å². The molecule has 1 aliphatic rings. The molecule has 0 saturated carbocycles. The van der Waals surface area contributed by atoms with Gasteiger partial charge in [-0.05, 0) is 12.1 Å². The summed E-state index contributed by atoms with van der Waals surface area (Å²) in [5.74, 6) is 0.367. The number of carbonyl (C=O) groups excluding carboxylic acids is 1. The van der Waals surface area contributed by atoms with Crippen LogP contribution in [-0.2, 0) is 16.6 Å². The summed E-state index contributed by atoms with van der Waals surface area (Å²) in [5, 5.41) is 1.11. The van der Waals surface area contributed by atoms with Crippen LogP contribution in [0.1, 0.15) is 11.1 Å². The first-order chi connectivity index (χ1) is 11.7. The molecule has 4 nitrogen and oxygen atoms in total. The number of benzene rings is 2. The number of aromatic nitrogens is 1. The van der Waals surface area contributed by atoms with Crippen molar-refractivity contribution in [2.24, 2.45) is 7.05 Å². The number of hydrogen-bond donors (Lipinski definition) is 0. The molecule has 0 unspecified atom stereocenters. The van der Waals surface area contributed by atoms with Gasteiger partial charge < -0.3 is 14.0 Å². The maximum Gasteiger partial charge on any atom is 0.339 e. The second-order valence-electron chi connectivity index (χ2n) is 5.80. The molecule has 24 heavy (non-hydrogen) atoms. The zero-order chi connectivity index (χ0) is 16.7. The number of carbonyl (C=O) groups is 1. The SMILES string of the molecule is COc1ccccc1C1=C(c2cn(C)c3ccccc23)COC1=O. The van der Waals surface area contributed by atoms with E-state index in [1.54, 1.807) is 7.11 Å². The van der Waals surface area contributed by atoms with E-state index >= 15 is 0 Å². The highest BCUT2D eigenvalue weighted by Crippen LogP contribution is 2.39. The fourth-order valence-corrected chi connectivity index (χ4v) is 3.32. The van der Waals surface area contributed by atoms with Crippen LogP contribution in [0.25, 0.3) is 22.0 Å². The molecule has 0 N–H and O–H groups in total. The highest BCUT2D eigenvalue weighted by Gasteiger charge is 2.30. The Labute approximate surface area is 139 Å². The van der Waals surface area contributed by atoms with Crippen molar-refractivity contribution in [3.63, 3.8) is 0 Å². The molecular formula is C20H17NO3. The van der Waals surface area contributed by atoms with Gasteiger partial charge in [0.1, 0.15) is 12.4 Å². The number of para-hydroxylation sites is 2. The summed E-state index contributed by atoms with van der Waals surface area (Å²) in [6, 6.07) is 15.7. The van der Waals surface area contributed by atoms with Gasteiger partial charge in [-0.2, -0.15) is 0 Å². The van der Waals surface area contributed by atoms with Crippen molar-refractivity contribution in [2.75, 3.05) is 13.7 Å². The molecule has 0 radical (unpaired) electrons. The van der Waals surface area contributed by atoms with Crippen LogP contribution in [0.15, 0.2) is 54.7 Å². The number of aryl methyl sites for hydroxylation is 1. The predicted octanol–water partition coefficient (Wildman–Crippen LogP) is 3.65. The van der Waals surface area contributed by atoms with Crippen molar-refractivity contribution >= 4 is 28.0 Å². The van der Waals surface area contributed by atoms with Crippen LogP contribution in [0.2, 0.25) is 0 Å². The summed E-state index contributed by atoms with van der Waals surface area (Å²) >= 11 is 0. The van der Waals surface area contributed by atoms with Gasteiger partial charge in [0.15, 0.2) is 0 Å². The fourth-order valence-electron chi connectivity index (χ4n) is 3.32. The van der Waals surface area contributed by atoms with E-state index in [1.807, 2.05) is 43.4 Å². The van der Waals surface area contributed by atoms with E-state index < -0.39 is 0 Å². The monoisotopic (exact) mass is 319 g/mol. The van der Waals surface area contributed by atoms with Crippen molar-refractivity contribution < 1.29 is 14.3 Å². The number of esters is 1. The van der Waals surface area contributed by atoms with Gasteiger partial charge in [0.25, 0.3) is 0 Å². The molecule has 4 rings (SSSR count). The minimum absolute atomic E-state index is 0.278. The van der Waals surface area contributed by atoms with Gasteiger partial charge >= 0.3 is 5.97 Å².